The molecule has 4 N–H and O–H groups in total. The van der Waals surface area contributed by atoms with Gasteiger partial charge in [0.05, 0.1) is 6.10 Å². The molecule has 0 amide bonds. The van der Waals surface area contributed by atoms with E-state index in [0.29, 0.717) is 0 Å². The van der Waals surface area contributed by atoms with Crippen LogP contribution in [-0.4, -0.2) is 22.4 Å². The molecule has 3 nitrogen and oxygen atoms in total. The molecule has 0 saturated carbocycles. The molecule has 1 aromatic carbocycles. The van der Waals surface area contributed by atoms with Crippen molar-refractivity contribution in [2.75, 3.05) is 0 Å². The van der Waals surface area contributed by atoms with Crippen molar-refractivity contribution in [2.24, 2.45) is 5.73 Å². The zero-order valence-electron chi connectivity index (χ0n) is 8.99. The number of phenols is 1. The number of phenolic OH excluding ortho intramolecular Hbond substituents is 1. The Morgan fingerprint density at radius 2 is 1.83 bits per heavy atom. The molecular weight excluding hydrogens is 278 g/mol. The van der Waals surface area contributed by atoms with Gasteiger partial charge in [-0.15, -0.1) is 12.4 Å². The molecule has 0 fully saturated rings. The molecule has 0 aliphatic heterocycles. The first kappa shape index (κ1) is 16.9. The van der Waals surface area contributed by atoms with E-state index in [2.05, 4.69) is 0 Å². The first-order valence-corrected chi connectivity index (χ1v) is 4.70. The summed E-state index contributed by atoms with van der Waals surface area (Å²) in [6.07, 6.45) is -6.92. The van der Waals surface area contributed by atoms with Gasteiger partial charge in [0.1, 0.15) is 6.04 Å². The first-order chi connectivity index (χ1) is 7.71. The van der Waals surface area contributed by atoms with Gasteiger partial charge in [-0.05, 0) is 17.7 Å². The third-order valence-corrected chi connectivity index (χ3v) is 2.25. The number of aromatic hydroxyl groups is 1. The average Bonchev–Trinajstić information content (AvgIpc) is 2.20. The van der Waals surface area contributed by atoms with Crippen molar-refractivity contribution in [3.8, 4) is 5.75 Å². The summed E-state index contributed by atoms with van der Waals surface area (Å²) >= 11 is 0. The van der Waals surface area contributed by atoms with Gasteiger partial charge in [0, 0.05) is 6.42 Å². The topological polar surface area (TPSA) is 66.5 Å². The lowest BCUT2D eigenvalue weighted by Gasteiger charge is -2.19. The van der Waals surface area contributed by atoms with Crippen molar-refractivity contribution in [2.45, 2.75) is 24.7 Å². The fourth-order valence-corrected chi connectivity index (χ4v) is 1.24. The predicted molar refractivity (Wildman–Crippen MR) is 58.9 cm³/mol. The summed E-state index contributed by atoms with van der Waals surface area (Å²) in [7, 11) is 0. The first-order valence-electron chi connectivity index (χ1n) is 4.70. The molecule has 0 heterocycles. The van der Waals surface area contributed by atoms with E-state index >= 15 is 0 Å². The van der Waals surface area contributed by atoms with Gasteiger partial charge >= 0.3 is 6.18 Å². The van der Waals surface area contributed by atoms with Crippen molar-refractivity contribution < 1.29 is 27.8 Å². The molecule has 18 heavy (non-hydrogen) atoms. The van der Waals surface area contributed by atoms with E-state index in [-0.39, 0.29) is 18.0 Å². The summed E-state index contributed by atoms with van der Waals surface area (Å²) in [5, 5.41) is 18.3. The van der Waals surface area contributed by atoms with Gasteiger partial charge in [0.15, 0.2) is 11.6 Å². The number of aliphatic hydroxyl groups is 1. The van der Waals surface area contributed by atoms with E-state index in [1.807, 2.05) is 0 Å². The van der Waals surface area contributed by atoms with Crippen LogP contribution >= 0.6 is 12.4 Å². The number of halogens is 5. The summed E-state index contributed by atoms with van der Waals surface area (Å²) in [6.45, 7) is 0. The summed E-state index contributed by atoms with van der Waals surface area (Å²) < 4.78 is 49.3. The summed E-state index contributed by atoms with van der Waals surface area (Å²) in [5.74, 6) is -1.65. The molecule has 8 heteroatoms. The number of nitrogens with two attached hydrogens (primary N) is 1. The maximum absolute atomic E-state index is 12.9. The van der Waals surface area contributed by atoms with E-state index in [1.54, 1.807) is 0 Å². The standard InChI is InChI=1S/C10H11F4NO2.ClH/c11-6-3-5(1-2-7(6)16)8(17)4-9(15)10(12,13)14;/h1-3,8-9,16-17H,4,15H2;1H/t8-,9+;/m0./s1. The lowest BCUT2D eigenvalue weighted by atomic mass is 10.0. The van der Waals surface area contributed by atoms with E-state index in [1.165, 1.54) is 0 Å². The zero-order chi connectivity index (χ0) is 13.2. The quantitative estimate of drug-likeness (QED) is 0.748. The molecule has 0 spiro atoms. The molecule has 0 radical (unpaired) electrons. The molecule has 0 aliphatic carbocycles. The highest BCUT2D eigenvalue weighted by Crippen LogP contribution is 2.28. The van der Waals surface area contributed by atoms with Gasteiger partial charge in [-0.2, -0.15) is 13.2 Å². The third-order valence-electron chi connectivity index (χ3n) is 2.25. The second-order valence-corrected chi connectivity index (χ2v) is 3.61. The van der Waals surface area contributed by atoms with Crippen LogP contribution in [0.25, 0.3) is 0 Å². The normalized spacial score (nSPS) is 14.8. The molecule has 1 aromatic rings. The number of alkyl halides is 3. The van der Waals surface area contributed by atoms with Crippen molar-refractivity contribution in [3.63, 3.8) is 0 Å². The lowest BCUT2D eigenvalue weighted by Crippen LogP contribution is -2.38. The van der Waals surface area contributed by atoms with Crippen LogP contribution in [-0.2, 0) is 0 Å². The molecule has 1 rings (SSSR count). The minimum Gasteiger partial charge on any atom is -0.505 e. The highest BCUT2D eigenvalue weighted by Gasteiger charge is 2.38. The average molecular weight is 290 g/mol. The van der Waals surface area contributed by atoms with E-state index in [9.17, 15) is 22.7 Å². The number of rotatable bonds is 3. The number of aliphatic hydroxyl groups excluding tert-OH is 1. The van der Waals surface area contributed by atoms with E-state index < -0.39 is 36.3 Å². The van der Waals surface area contributed by atoms with Crippen molar-refractivity contribution >= 4 is 12.4 Å². The number of hydrogen-bond acceptors (Lipinski definition) is 3. The Kier molecular flexibility index (Phi) is 5.85. The van der Waals surface area contributed by atoms with Gasteiger partial charge in [-0.1, -0.05) is 6.07 Å². The minimum atomic E-state index is -4.61. The molecule has 0 aliphatic rings. The summed E-state index contributed by atoms with van der Waals surface area (Å²) in [6, 6.07) is 0.664. The Hall–Kier alpha value is -1.05. The summed E-state index contributed by atoms with van der Waals surface area (Å²) in [5.41, 5.74) is 4.76. The lowest BCUT2D eigenvalue weighted by molar-refractivity contribution is -0.153. The molecule has 0 aromatic heterocycles. The summed E-state index contributed by atoms with van der Waals surface area (Å²) in [4.78, 5) is 0. The molecule has 0 bridgehead atoms. The Morgan fingerprint density at radius 3 is 2.28 bits per heavy atom. The largest absolute Gasteiger partial charge is 0.505 e. The van der Waals surface area contributed by atoms with Crippen LogP contribution in [0.2, 0.25) is 0 Å². The van der Waals surface area contributed by atoms with Gasteiger partial charge in [0.2, 0.25) is 0 Å². The third kappa shape index (κ3) is 4.32. The Balaban J connectivity index is 0.00000289. The highest BCUT2D eigenvalue weighted by molar-refractivity contribution is 5.85. The maximum atomic E-state index is 12.9. The number of benzene rings is 1. The van der Waals surface area contributed by atoms with Crippen molar-refractivity contribution in [3.05, 3.63) is 29.6 Å². The maximum Gasteiger partial charge on any atom is 0.403 e. The van der Waals surface area contributed by atoms with Crippen LogP contribution in [0.3, 0.4) is 0 Å². The van der Waals surface area contributed by atoms with Gasteiger partial charge < -0.3 is 15.9 Å². The van der Waals surface area contributed by atoms with Crippen LogP contribution in [0, 0.1) is 5.82 Å². The van der Waals surface area contributed by atoms with Crippen LogP contribution < -0.4 is 5.73 Å². The smallest absolute Gasteiger partial charge is 0.403 e. The van der Waals surface area contributed by atoms with Crippen LogP contribution in [0.4, 0.5) is 17.6 Å². The monoisotopic (exact) mass is 289 g/mol. The highest BCUT2D eigenvalue weighted by atomic mass is 35.5. The molecule has 0 saturated heterocycles. The Morgan fingerprint density at radius 1 is 1.28 bits per heavy atom. The molecule has 2 atom stereocenters. The fraction of sp³-hybridized carbons (Fsp3) is 0.400. The molecule has 0 unspecified atom stereocenters. The fourth-order valence-electron chi connectivity index (χ4n) is 1.24. The van der Waals surface area contributed by atoms with Crippen LogP contribution in [0.1, 0.15) is 18.1 Å². The Bertz CT molecular complexity index is 400. The second-order valence-electron chi connectivity index (χ2n) is 3.61. The van der Waals surface area contributed by atoms with Crippen molar-refractivity contribution in [1.29, 1.82) is 0 Å². The Labute approximate surface area is 107 Å². The predicted octanol–water partition coefficient (Wildman–Crippen LogP) is 2.27. The molecule has 104 valence electrons. The number of hydrogen-bond donors (Lipinski definition) is 3. The van der Waals surface area contributed by atoms with E-state index in [0.717, 1.165) is 18.2 Å². The zero-order valence-corrected chi connectivity index (χ0v) is 9.80. The van der Waals surface area contributed by atoms with E-state index in [4.69, 9.17) is 10.8 Å². The van der Waals surface area contributed by atoms with Crippen LogP contribution in [0.15, 0.2) is 18.2 Å². The van der Waals surface area contributed by atoms with Crippen LogP contribution in [0.5, 0.6) is 5.75 Å². The SMILES string of the molecule is Cl.N[C@H](C[C@H](O)c1ccc(O)c(F)c1)C(F)(F)F. The second kappa shape index (κ2) is 6.21. The van der Waals surface area contributed by atoms with Crippen molar-refractivity contribution in [1.82, 2.24) is 0 Å². The minimum absolute atomic E-state index is 0. The van der Waals surface area contributed by atoms with Gasteiger partial charge in [0.25, 0.3) is 0 Å². The van der Waals surface area contributed by atoms with Gasteiger partial charge in [-0.25, -0.2) is 4.39 Å². The van der Waals surface area contributed by atoms with Gasteiger partial charge in [-0.3, -0.25) is 0 Å². The molecular formula is C10H12ClF4NO2.